The molecule has 1 N–H and O–H groups in total. The Balaban J connectivity index is 1.87. The van der Waals surface area contributed by atoms with Crippen LogP contribution in [0.2, 0.25) is 0 Å². The number of thiophene rings is 2. The summed E-state index contributed by atoms with van der Waals surface area (Å²) in [7, 11) is 0. The van der Waals surface area contributed by atoms with Gasteiger partial charge >= 0.3 is 0 Å². The lowest BCUT2D eigenvalue weighted by Crippen LogP contribution is -2.24. The Bertz CT molecular complexity index is 637. The predicted molar refractivity (Wildman–Crippen MR) is 93.2 cm³/mol. The molecule has 3 heteroatoms. The van der Waals surface area contributed by atoms with E-state index in [1.165, 1.54) is 20.9 Å². The normalized spacial score (nSPS) is 12.7. The molecule has 0 aliphatic rings. The lowest BCUT2D eigenvalue weighted by atomic mass is 10.0. The van der Waals surface area contributed by atoms with Crippen molar-refractivity contribution in [3.8, 4) is 0 Å². The van der Waals surface area contributed by atoms with Crippen molar-refractivity contribution in [2.24, 2.45) is 0 Å². The summed E-state index contributed by atoms with van der Waals surface area (Å²) in [5, 5.41) is 8.10. The van der Waals surface area contributed by atoms with Crippen LogP contribution < -0.4 is 5.32 Å². The molecule has 108 valence electrons. The Kier molecular flexibility index (Phi) is 4.54. The summed E-state index contributed by atoms with van der Waals surface area (Å²) in [4.78, 5) is 2.75. The summed E-state index contributed by atoms with van der Waals surface area (Å²) in [5.74, 6) is 0. The molecule has 2 aromatic heterocycles. The van der Waals surface area contributed by atoms with Gasteiger partial charge in [-0.25, -0.2) is 0 Å². The summed E-state index contributed by atoms with van der Waals surface area (Å²) < 4.78 is 0. The molecule has 3 aromatic rings. The third-order valence-electron chi connectivity index (χ3n) is 3.73. The molecule has 1 nitrogen and oxygen atoms in total. The third-order valence-corrected chi connectivity index (χ3v) is 5.60. The lowest BCUT2D eigenvalue weighted by Gasteiger charge is -2.23. The monoisotopic (exact) mass is 313 g/mol. The molecular weight excluding hydrogens is 294 g/mol. The first kappa shape index (κ1) is 14.5. The first-order valence-corrected chi connectivity index (χ1v) is 8.90. The quantitative estimate of drug-likeness (QED) is 0.650. The van der Waals surface area contributed by atoms with Crippen molar-refractivity contribution in [2.75, 3.05) is 0 Å². The standard InChI is InChI=1S/C18H19NS2/c1-13-7-3-4-8-15(13)14(2)19-18(16-9-5-11-20-16)17-10-6-12-21-17/h3-12,14,18-19H,1-2H3. The predicted octanol–water partition coefficient (Wildman–Crippen LogP) is 5.56. The van der Waals surface area contributed by atoms with Gasteiger partial charge in [0.1, 0.15) is 0 Å². The van der Waals surface area contributed by atoms with E-state index in [2.05, 4.69) is 78.5 Å². The Hall–Kier alpha value is -1.42. The van der Waals surface area contributed by atoms with E-state index in [-0.39, 0.29) is 6.04 Å². The second kappa shape index (κ2) is 6.56. The van der Waals surface area contributed by atoms with Crippen LogP contribution in [-0.4, -0.2) is 0 Å². The van der Waals surface area contributed by atoms with Crippen molar-refractivity contribution < 1.29 is 0 Å². The highest BCUT2D eigenvalue weighted by Gasteiger charge is 2.19. The lowest BCUT2D eigenvalue weighted by molar-refractivity contribution is 0.525. The van der Waals surface area contributed by atoms with E-state index in [1.807, 2.05) is 22.7 Å². The van der Waals surface area contributed by atoms with Gasteiger partial charge in [-0.05, 0) is 47.9 Å². The van der Waals surface area contributed by atoms with Gasteiger partial charge in [0.15, 0.2) is 0 Å². The second-order valence-corrected chi connectivity index (χ2v) is 7.17. The second-order valence-electron chi connectivity index (χ2n) is 5.21. The molecule has 0 spiro atoms. The van der Waals surface area contributed by atoms with Crippen molar-refractivity contribution in [1.82, 2.24) is 5.32 Å². The molecule has 0 saturated heterocycles. The van der Waals surface area contributed by atoms with E-state index in [0.29, 0.717) is 6.04 Å². The van der Waals surface area contributed by atoms with Crippen LogP contribution in [0.5, 0.6) is 0 Å². The van der Waals surface area contributed by atoms with Gasteiger partial charge in [0.05, 0.1) is 6.04 Å². The molecule has 0 fully saturated rings. The van der Waals surface area contributed by atoms with Crippen LogP contribution in [0, 0.1) is 6.92 Å². The van der Waals surface area contributed by atoms with Gasteiger partial charge in [0.25, 0.3) is 0 Å². The fraction of sp³-hybridized carbons (Fsp3) is 0.222. The summed E-state index contributed by atoms with van der Waals surface area (Å²) in [6.45, 7) is 4.43. The summed E-state index contributed by atoms with van der Waals surface area (Å²) >= 11 is 3.63. The van der Waals surface area contributed by atoms with Gasteiger partial charge in [-0.2, -0.15) is 0 Å². The number of hydrogen-bond donors (Lipinski definition) is 1. The fourth-order valence-electron chi connectivity index (χ4n) is 2.63. The highest BCUT2D eigenvalue weighted by atomic mass is 32.1. The van der Waals surface area contributed by atoms with Crippen LogP contribution in [0.25, 0.3) is 0 Å². The van der Waals surface area contributed by atoms with Gasteiger partial charge in [-0.15, -0.1) is 22.7 Å². The van der Waals surface area contributed by atoms with Crippen LogP contribution in [-0.2, 0) is 0 Å². The van der Waals surface area contributed by atoms with E-state index in [9.17, 15) is 0 Å². The van der Waals surface area contributed by atoms with E-state index >= 15 is 0 Å². The van der Waals surface area contributed by atoms with Crippen LogP contribution in [0.1, 0.15) is 39.9 Å². The van der Waals surface area contributed by atoms with Gasteiger partial charge in [0.2, 0.25) is 0 Å². The van der Waals surface area contributed by atoms with Gasteiger partial charge in [-0.3, -0.25) is 5.32 Å². The summed E-state index contributed by atoms with van der Waals surface area (Å²) in [6.07, 6.45) is 0. The van der Waals surface area contributed by atoms with Gasteiger partial charge in [-0.1, -0.05) is 36.4 Å². The Morgan fingerprint density at radius 1 is 0.857 bits per heavy atom. The van der Waals surface area contributed by atoms with Crippen LogP contribution >= 0.6 is 22.7 Å². The first-order valence-electron chi connectivity index (χ1n) is 7.14. The van der Waals surface area contributed by atoms with Gasteiger partial charge in [0, 0.05) is 15.8 Å². The highest BCUT2D eigenvalue weighted by Crippen LogP contribution is 2.32. The molecule has 0 aliphatic carbocycles. The molecule has 0 radical (unpaired) electrons. The molecule has 0 amide bonds. The number of hydrogen-bond acceptors (Lipinski definition) is 3. The summed E-state index contributed by atoms with van der Waals surface area (Å²) in [5.41, 5.74) is 2.71. The maximum atomic E-state index is 3.80. The molecule has 21 heavy (non-hydrogen) atoms. The van der Waals surface area contributed by atoms with Crippen molar-refractivity contribution in [1.29, 1.82) is 0 Å². The summed E-state index contributed by atoms with van der Waals surface area (Å²) in [6, 6.07) is 17.9. The van der Waals surface area contributed by atoms with E-state index < -0.39 is 0 Å². The van der Waals surface area contributed by atoms with E-state index in [4.69, 9.17) is 0 Å². The van der Waals surface area contributed by atoms with E-state index in [0.717, 1.165) is 0 Å². The Morgan fingerprint density at radius 2 is 1.48 bits per heavy atom. The Morgan fingerprint density at radius 3 is 2.00 bits per heavy atom. The molecule has 1 unspecified atom stereocenters. The molecule has 3 rings (SSSR count). The number of nitrogens with one attached hydrogen (secondary N) is 1. The van der Waals surface area contributed by atoms with Crippen LogP contribution in [0.3, 0.4) is 0 Å². The van der Waals surface area contributed by atoms with Gasteiger partial charge < -0.3 is 0 Å². The van der Waals surface area contributed by atoms with Crippen LogP contribution in [0.15, 0.2) is 59.3 Å². The maximum Gasteiger partial charge on any atom is 0.0769 e. The zero-order valence-electron chi connectivity index (χ0n) is 12.2. The van der Waals surface area contributed by atoms with E-state index in [1.54, 1.807) is 0 Å². The molecule has 0 bridgehead atoms. The number of rotatable bonds is 5. The first-order chi connectivity index (χ1) is 10.3. The van der Waals surface area contributed by atoms with Crippen molar-refractivity contribution >= 4 is 22.7 Å². The Labute approximate surface area is 134 Å². The topological polar surface area (TPSA) is 12.0 Å². The zero-order chi connectivity index (χ0) is 14.7. The molecular formula is C18H19NS2. The SMILES string of the molecule is Cc1ccccc1C(C)NC(c1cccs1)c1cccs1. The fourth-order valence-corrected chi connectivity index (χ4v) is 4.31. The highest BCUT2D eigenvalue weighted by molar-refractivity contribution is 7.11. The smallest absolute Gasteiger partial charge is 0.0769 e. The molecule has 2 heterocycles. The minimum absolute atomic E-state index is 0.277. The zero-order valence-corrected chi connectivity index (χ0v) is 13.9. The maximum absolute atomic E-state index is 3.80. The average Bonchev–Trinajstić information content (AvgIpc) is 3.18. The number of aryl methyl sites for hydroxylation is 1. The van der Waals surface area contributed by atoms with Crippen molar-refractivity contribution in [2.45, 2.75) is 25.9 Å². The molecule has 0 aliphatic heterocycles. The minimum atomic E-state index is 0.277. The minimum Gasteiger partial charge on any atom is -0.298 e. The average molecular weight is 313 g/mol. The molecule has 1 atom stereocenters. The third kappa shape index (κ3) is 3.26. The molecule has 1 aromatic carbocycles. The largest absolute Gasteiger partial charge is 0.298 e. The van der Waals surface area contributed by atoms with Crippen LogP contribution in [0.4, 0.5) is 0 Å². The van der Waals surface area contributed by atoms with Crippen molar-refractivity contribution in [3.63, 3.8) is 0 Å². The molecule has 0 saturated carbocycles. The number of benzene rings is 1. The van der Waals surface area contributed by atoms with Crippen molar-refractivity contribution in [3.05, 3.63) is 80.2 Å².